The minimum absolute atomic E-state index is 0.227. The fourth-order valence-corrected chi connectivity index (χ4v) is 2.31. The molecule has 0 atom stereocenters. The highest BCUT2D eigenvalue weighted by Crippen LogP contribution is 2.26. The van der Waals surface area contributed by atoms with Crippen molar-refractivity contribution in [2.45, 2.75) is 20.8 Å². The summed E-state index contributed by atoms with van der Waals surface area (Å²) in [7, 11) is 0. The Kier molecular flexibility index (Phi) is 4.42. The Morgan fingerprint density at radius 2 is 1.62 bits per heavy atom. The number of benzene rings is 2. The number of hydrogen-bond donors (Lipinski definition) is 1. The van der Waals surface area contributed by atoms with E-state index in [1.165, 1.54) is 13.0 Å². The van der Waals surface area contributed by atoms with E-state index >= 15 is 0 Å². The first-order valence-electron chi connectivity index (χ1n) is 6.34. The standard InChI is InChI=1S/C16H14BrF2NO/c1-8-4-5-12(18)13(15(8)19)16(21)20-11-6-9(2)14(17)10(3)7-11/h4-7H,1-3H3,(H,20,21). The van der Waals surface area contributed by atoms with Crippen LogP contribution in [0.3, 0.4) is 0 Å². The largest absolute Gasteiger partial charge is 0.322 e. The molecule has 0 spiro atoms. The van der Waals surface area contributed by atoms with Gasteiger partial charge >= 0.3 is 0 Å². The number of anilines is 1. The molecule has 0 fully saturated rings. The third-order valence-electron chi connectivity index (χ3n) is 3.21. The molecule has 0 unspecified atom stereocenters. The van der Waals surface area contributed by atoms with Gasteiger partial charge in [-0.2, -0.15) is 0 Å². The van der Waals surface area contributed by atoms with Gasteiger partial charge in [-0.1, -0.05) is 22.0 Å². The van der Waals surface area contributed by atoms with E-state index in [9.17, 15) is 13.6 Å². The van der Waals surface area contributed by atoms with E-state index in [0.29, 0.717) is 5.69 Å². The molecule has 0 heterocycles. The minimum Gasteiger partial charge on any atom is -0.322 e. The number of halogens is 3. The van der Waals surface area contributed by atoms with Crippen molar-refractivity contribution in [3.63, 3.8) is 0 Å². The maximum atomic E-state index is 13.9. The van der Waals surface area contributed by atoms with Gasteiger partial charge in [0.1, 0.15) is 17.2 Å². The predicted octanol–water partition coefficient (Wildman–Crippen LogP) is 4.90. The van der Waals surface area contributed by atoms with Crippen molar-refractivity contribution in [1.82, 2.24) is 0 Å². The van der Waals surface area contributed by atoms with Gasteiger partial charge in [-0.05, 0) is 55.7 Å². The molecule has 0 saturated heterocycles. The molecule has 0 aliphatic rings. The van der Waals surface area contributed by atoms with E-state index in [-0.39, 0.29) is 5.56 Å². The van der Waals surface area contributed by atoms with Crippen LogP contribution in [0.15, 0.2) is 28.7 Å². The zero-order valence-electron chi connectivity index (χ0n) is 11.9. The minimum atomic E-state index is -0.874. The van der Waals surface area contributed by atoms with Gasteiger partial charge in [-0.3, -0.25) is 4.79 Å². The molecule has 110 valence electrons. The summed E-state index contributed by atoms with van der Waals surface area (Å²) >= 11 is 3.42. The summed E-state index contributed by atoms with van der Waals surface area (Å²) in [5.41, 5.74) is 2.02. The summed E-state index contributed by atoms with van der Waals surface area (Å²) in [4.78, 5) is 12.1. The first-order chi connectivity index (χ1) is 9.81. The van der Waals surface area contributed by atoms with Crippen LogP contribution in [0.4, 0.5) is 14.5 Å². The number of carbonyl (C=O) groups excluding carboxylic acids is 1. The number of carbonyl (C=O) groups is 1. The average Bonchev–Trinajstić information content (AvgIpc) is 2.40. The molecule has 2 aromatic rings. The van der Waals surface area contributed by atoms with Crippen LogP contribution in [0.25, 0.3) is 0 Å². The molecule has 0 radical (unpaired) electrons. The average molecular weight is 354 g/mol. The molecule has 0 aliphatic heterocycles. The van der Waals surface area contributed by atoms with Crippen LogP contribution in [0.5, 0.6) is 0 Å². The van der Waals surface area contributed by atoms with Crippen molar-refractivity contribution in [2.24, 2.45) is 0 Å². The lowest BCUT2D eigenvalue weighted by atomic mass is 10.1. The second-order valence-corrected chi connectivity index (χ2v) is 5.72. The van der Waals surface area contributed by atoms with Crippen molar-refractivity contribution in [3.05, 3.63) is 62.6 Å². The van der Waals surface area contributed by atoms with E-state index in [1.807, 2.05) is 13.8 Å². The van der Waals surface area contributed by atoms with E-state index in [4.69, 9.17) is 0 Å². The maximum absolute atomic E-state index is 13.9. The van der Waals surface area contributed by atoms with Crippen molar-refractivity contribution >= 4 is 27.5 Å². The molecular weight excluding hydrogens is 340 g/mol. The molecule has 0 aromatic heterocycles. The second kappa shape index (κ2) is 5.93. The lowest BCUT2D eigenvalue weighted by Gasteiger charge is -2.11. The van der Waals surface area contributed by atoms with Gasteiger partial charge in [0.2, 0.25) is 0 Å². The van der Waals surface area contributed by atoms with Gasteiger partial charge in [0.25, 0.3) is 5.91 Å². The fraction of sp³-hybridized carbons (Fsp3) is 0.188. The number of amides is 1. The summed E-state index contributed by atoms with van der Waals surface area (Å²) in [6, 6.07) is 5.86. The number of nitrogens with one attached hydrogen (secondary N) is 1. The molecule has 1 N–H and O–H groups in total. The zero-order valence-corrected chi connectivity index (χ0v) is 13.4. The predicted molar refractivity (Wildman–Crippen MR) is 82.7 cm³/mol. The lowest BCUT2D eigenvalue weighted by Crippen LogP contribution is -2.16. The SMILES string of the molecule is Cc1ccc(F)c(C(=O)Nc2cc(C)c(Br)c(C)c2)c1F. The first kappa shape index (κ1) is 15.6. The fourth-order valence-electron chi connectivity index (χ4n) is 2.08. The van der Waals surface area contributed by atoms with Crippen LogP contribution in [0.1, 0.15) is 27.0 Å². The normalized spacial score (nSPS) is 10.6. The summed E-state index contributed by atoms with van der Waals surface area (Å²) in [5, 5.41) is 2.54. The van der Waals surface area contributed by atoms with Gasteiger partial charge < -0.3 is 5.32 Å². The molecule has 0 bridgehead atoms. The highest BCUT2D eigenvalue weighted by Gasteiger charge is 2.19. The summed E-state index contributed by atoms with van der Waals surface area (Å²) in [6.07, 6.45) is 0. The quantitative estimate of drug-likeness (QED) is 0.816. The number of rotatable bonds is 2. The maximum Gasteiger partial charge on any atom is 0.261 e. The second-order valence-electron chi connectivity index (χ2n) is 4.93. The van der Waals surface area contributed by atoms with E-state index < -0.39 is 23.1 Å². The third kappa shape index (κ3) is 3.13. The summed E-state index contributed by atoms with van der Waals surface area (Å²) in [5.74, 6) is -2.51. The van der Waals surface area contributed by atoms with Crippen molar-refractivity contribution < 1.29 is 13.6 Å². The van der Waals surface area contributed by atoms with E-state index in [1.54, 1.807) is 12.1 Å². The molecular formula is C16H14BrF2NO. The van der Waals surface area contributed by atoms with Gasteiger partial charge in [-0.25, -0.2) is 8.78 Å². The Bertz CT molecular complexity index is 705. The number of aryl methyl sites for hydroxylation is 3. The molecule has 1 amide bonds. The third-order valence-corrected chi connectivity index (χ3v) is 4.46. The Morgan fingerprint density at radius 3 is 2.19 bits per heavy atom. The molecule has 0 aliphatic carbocycles. The van der Waals surface area contributed by atoms with Crippen LogP contribution in [0.2, 0.25) is 0 Å². The molecule has 2 rings (SSSR count). The lowest BCUT2D eigenvalue weighted by molar-refractivity contribution is 0.101. The highest BCUT2D eigenvalue weighted by molar-refractivity contribution is 9.10. The zero-order chi connectivity index (χ0) is 15.7. The van der Waals surface area contributed by atoms with Gasteiger partial charge in [0, 0.05) is 10.2 Å². The molecule has 2 aromatic carbocycles. The Balaban J connectivity index is 2.37. The molecule has 2 nitrogen and oxygen atoms in total. The van der Waals surface area contributed by atoms with Gasteiger partial charge in [0.05, 0.1) is 0 Å². The van der Waals surface area contributed by atoms with Gasteiger partial charge in [-0.15, -0.1) is 0 Å². The Hall–Kier alpha value is -1.75. The Labute approximate surface area is 130 Å². The molecule has 21 heavy (non-hydrogen) atoms. The summed E-state index contributed by atoms with van der Waals surface area (Å²) < 4.78 is 28.6. The van der Waals surface area contributed by atoms with Gasteiger partial charge in [0.15, 0.2) is 0 Å². The summed E-state index contributed by atoms with van der Waals surface area (Å²) in [6.45, 7) is 5.24. The topological polar surface area (TPSA) is 29.1 Å². The van der Waals surface area contributed by atoms with E-state index in [2.05, 4.69) is 21.2 Å². The van der Waals surface area contributed by atoms with Crippen molar-refractivity contribution in [2.75, 3.05) is 5.32 Å². The molecule has 0 saturated carbocycles. The van der Waals surface area contributed by atoms with E-state index in [0.717, 1.165) is 21.7 Å². The number of hydrogen-bond acceptors (Lipinski definition) is 1. The monoisotopic (exact) mass is 353 g/mol. The van der Waals surface area contributed by atoms with Crippen LogP contribution in [-0.2, 0) is 0 Å². The van der Waals surface area contributed by atoms with Crippen LogP contribution in [0, 0.1) is 32.4 Å². The van der Waals surface area contributed by atoms with Crippen LogP contribution in [-0.4, -0.2) is 5.91 Å². The van der Waals surface area contributed by atoms with Crippen molar-refractivity contribution in [1.29, 1.82) is 0 Å². The highest BCUT2D eigenvalue weighted by atomic mass is 79.9. The first-order valence-corrected chi connectivity index (χ1v) is 7.13. The Morgan fingerprint density at radius 1 is 1.05 bits per heavy atom. The molecule has 5 heteroatoms. The van der Waals surface area contributed by atoms with Crippen molar-refractivity contribution in [3.8, 4) is 0 Å². The van der Waals surface area contributed by atoms with Crippen LogP contribution < -0.4 is 5.32 Å². The van der Waals surface area contributed by atoms with Crippen LogP contribution >= 0.6 is 15.9 Å². The smallest absolute Gasteiger partial charge is 0.261 e.